The van der Waals surface area contributed by atoms with Gasteiger partial charge in [-0.25, -0.2) is 0 Å². The summed E-state index contributed by atoms with van der Waals surface area (Å²) >= 11 is 15.6. The van der Waals surface area contributed by atoms with Crippen LogP contribution in [0.1, 0.15) is 5.56 Å². The number of halogens is 3. The van der Waals surface area contributed by atoms with E-state index in [0.29, 0.717) is 22.3 Å². The van der Waals surface area contributed by atoms with E-state index < -0.39 is 0 Å². The first-order valence-corrected chi connectivity index (χ1v) is 7.16. The highest BCUT2D eigenvalue weighted by atomic mass is 79.9. The molecule has 0 saturated heterocycles. The Labute approximate surface area is 130 Å². The van der Waals surface area contributed by atoms with Crippen LogP contribution in [0, 0.1) is 0 Å². The third-order valence-corrected chi connectivity index (χ3v) is 3.73. The first-order valence-electron chi connectivity index (χ1n) is 5.61. The largest absolute Gasteiger partial charge is 0.495 e. The monoisotopic (exact) mass is 359 g/mol. The molecule has 2 aromatic carbocycles. The van der Waals surface area contributed by atoms with Crippen molar-refractivity contribution in [3.05, 3.63) is 56.5 Å². The molecule has 0 amide bonds. The summed E-state index contributed by atoms with van der Waals surface area (Å²) in [5, 5.41) is 4.54. The normalized spacial score (nSPS) is 10.3. The molecule has 0 aliphatic carbocycles. The first-order chi connectivity index (χ1) is 9.10. The lowest BCUT2D eigenvalue weighted by Gasteiger charge is -2.10. The van der Waals surface area contributed by atoms with Crippen molar-refractivity contribution in [1.82, 2.24) is 0 Å². The zero-order valence-corrected chi connectivity index (χ0v) is 13.3. The van der Waals surface area contributed by atoms with Crippen LogP contribution in [0.15, 0.2) is 40.9 Å². The topological polar surface area (TPSA) is 21.3 Å². The third kappa shape index (κ3) is 3.78. The highest BCUT2D eigenvalue weighted by Gasteiger charge is 2.04. The molecule has 0 saturated carbocycles. The van der Waals surface area contributed by atoms with Crippen LogP contribution < -0.4 is 10.1 Å². The van der Waals surface area contributed by atoms with Crippen LogP contribution >= 0.6 is 39.1 Å². The summed E-state index contributed by atoms with van der Waals surface area (Å²) in [6, 6.07) is 11.4. The van der Waals surface area contributed by atoms with Gasteiger partial charge in [0.05, 0.1) is 22.8 Å². The SMILES string of the molecule is COc1ccc(CNc2ccc(Br)cc2Cl)cc1Cl. The molecule has 2 aromatic rings. The lowest BCUT2D eigenvalue weighted by molar-refractivity contribution is 0.415. The molecular formula is C14H12BrCl2NO. The average molecular weight is 361 g/mol. The molecule has 1 N–H and O–H groups in total. The van der Waals surface area contributed by atoms with Crippen molar-refractivity contribution < 1.29 is 4.74 Å². The Balaban J connectivity index is 2.08. The maximum Gasteiger partial charge on any atom is 0.137 e. The summed E-state index contributed by atoms with van der Waals surface area (Å²) in [4.78, 5) is 0. The van der Waals surface area contributed by atoms with Crippen molar-refractivity contribution in [2.45, 2.75) is 6.54 Å². The number of nitrogens with one attached hydrogen (secondary N) is 1. The van der Waals surface area contributed by atoms with Gasteiger partial charge in [0.2, 0.25) is 0 Å². The predicted molar refractivity (Wildman–Crippen MR) is 84.5 cm³/mol. The predicted octanol–water partition coefficient (Wildman–Crippen LogP) is 5.38. The molecule has 0 aliphatic rings. The van der Waals surface area contributed by atoms with E-state index in [-0.39, 0.29) is 0 Å². The van der Waals surface area contributed by atoms with Gasteiger partial charge in [0, 0.05) is 11.0 Å². The summed E-state index contributed by atoms with van der Waals surface area (Å²) in [5.74, 6) is 0.673. The van der Waals surface area contributed by atoms with Crippen LogP contribution in [0.2, 0.25) is 10.0 Å². The molecule has 0 fully saturated rings. The molecule has 0 atom stereocenters. The molecule has 0 bridgehead atoms. The quantitative estimate of drug-likeness (QED) is 0.790. The number of methoxy groups -OCH3 is 1. The van der Waals surface area contributed by atoms with E-state index >= 15 is 0 Å². The lowest BCUT2D eigenvalue weighted by Crippen LogP contribution is -2.00. The molecule has 0 heterocycles. The second-order valence-electron chi connectivity index (χ2n) is 3.95. The van der Waals surface area contributed by atoms with Crippen LogP contribution in [0.5, 0.6) is 5.75 Å². The molecule has 0 aliphatic heterocycles. The van der Waals surface area contributed by atoms with Gasteiger partial charge >= 0.3 is 0 Å². The summed E-state index contributed by atoms with van der Waals surface area (Å²) in [6.07, 6.45) is 0. The molecule has 0 unspecified atom stereocenters. The summed E-state index contributed by atoms with van der Waals surface area (Å²) in [6.45, 7) is 0.644. The second-order valence-corrected chi connectivity index (χ2v) is 5.68. The molecule has 0 spiro atoms. The van der Waals surface area contributed by atoms with Crippen molar-refractivity contribution in [1.29, 1.82) is 0 Å². The van der Waals surface area contributed by atoms with Gasteiger partial charge in [0.15, 0.2) is 0 Å². The minimum absolute atomic E-state index is 0.601. The molecule has 2 rings (SSSR count). The van der Waals surface area contributed by atoms with Crippen LogP contribution in [-0.4, -0.2) is 7.11 Å². The Morgan fingerprint density at radius 2 is 1.89 bits per heavy atom. The smallest absolute Gasteiger partial charge is 0.137 e. The lowest BCUT2D eigenvalue weighted by atomic mass is 10.2. The third-order valence-electron chi connectivity index (χ3n) is 2.63. The first kappa shape index (κ1) is 14.5. The molecule has 19 heavy (non-hydrogen) atoms. The van der Waals surface area contributed by atoms with E-state index in [1.54, 1.807) is 7.11 Å². The van der Waals surface area contributed by atoms with Gasteiger partial charge in [-0.2, -0.15) is 0 Å². The summed E-state index contributed by atoms with van der Waals surface area (Å²) in [7, 11) is 1.60. The van der Waals surface area contributed by atoms with E-state index in [1.165, 1.54) is 0 Å². The highest BCUT2D eigenvalue weighted by Crippen LogP contribution is 2.28. The Morgan fingerprint density at radius 3 is 2.53 bits per heavy atom. The number of hydrogen-bond acceptors (Lipinski definition) is 2. The highest BCUT2D eigenvalue weighted by molar-refractivity contribution is 9.10. The number of ether oxygens (including phenoxy) is 1. The van der Waals surface area contributed by atoms with Gasteiger partial charge in [-0.3, -0.25) is 0 Å². The minimum atomic E-state index is 0.601. The van der Waals surface area contributed by atoms with Gasteiger partial charge in [0.25, 0.3) is 0 Å². The van der Waals surface area contributed by atoms with Gasteiger partial charge in [-0.1, -0.05) is 45.2 Å². The Bertz CT molecular complexity index is 590. The fraction of sp³-hybridized carbons (Fsp3) is 0.143. The fourth-order valence-corrected chi connectivity index (χ4v) is 2.67. The van der Waals surface area contributed by atoms with Gasteiger partial charge in [0.1, 0.15) is 5.75 Å². The molecule has 5 heteroatoms. The Kier molecular flexibility index (Phi) is 4.97. The van der Waals surface area contributed by atoms with Gasteiger partial charge in [-0.05, 0) is 35.9 Å². The van der Waals surface area contributed by atoms with Crippen molar-refractivity contribution >= 4 is 44.8 Å². The average Bonchev–Trinajstić information content (AvgIpc) is 2.38. The molecule has 0 aromatic heterocycles. The van der Waals surface area contributed by atoms with Crippen molar-refractivity contribution in [3.8, 4) is 5.75 Å². The fourth-order valence-electron chi connectivity index (χ4n) is 1.65. The van der Waals surface area contributed by atoms with Crippen LogP contribution in [0.4, 0.5) is 5.69 Å². The maximum absolute atomic E-state index is 6.14. The molecule has 2 nitrogen and oxygen atoms in total. The Morgan fingerprint density at radius 1 is 1.11 bits per heavy atom. The Hall–Kier alpha value is -0.900. The van der Waals surface area contributed by atoms with E-state index in [9.17, 15) is 0 Å². The van der Waals surface area contributed by atoms with E-state index in [2.05, 4.69) is 21.2 Å². The zero-order chi connectivity index (χ0) is 13.8. The molecular weight excluding hydrogens is 349 g/mol. The van der Waals surface area contributed by atoms with E-state index in [0.717, 1.165) is 15.7 Å². The van der Waals surface area contributed by atoms with E-state index in [1.807, 2.05) is 36.4 Å². The van der Waals surface area contributed by atoms with Crippen LogP contribution in [0.25, 0.3) is 0 Å². The van der Waals surface area contributed by atoms with Crippen LogP contribution in [-0.2, 0) is 6.54 Å². The van der Waals surface area contributed by atoms with Crippen LogP contribution in [0.3, 0.4) is 0 Å². The number of hydrogen-bond donors (Lipinski definition) is 1. The maximum atomic E-state index is 6.14. The van der Waals surface area contributed by atoms with Crippen molar-refractivity contribution in [2.75, 3.05) is 12.4 Å². The zero-order valence-electron chi connectivity index (χ0n) is 10.2. The van der Waals surface area contributed by atoms with E-state index in [4.69, 9.17) is 27.9 Å². The van der Waals surface area contributed by atoms with Gasteiger partial charge < -0.3 is 10.1 Å². The number of anilines is 1. The van der Waals surface area contributed by atoms with Crippen molar-refractivity contribution in [2.24, 2.45) is 0 Å². The standard InChI is InChI=1S/C14H12BrCl2NO/c1-19-14-5-2-9(6-12(14)17)8-18-13-4-3-10(15)7-11(13)16/h2-7,18H,8H2,1H3. The minimum Gasteiger partial charge on any atom is -0.495 e. The molecule has 0 radical (unpaired) electrons. The number of benzene rings is 2. The van der Waals surface area contributed by atoms with Gasteiger partial charge in [-0.15, -0.1) is 0 Å². The number of rotatable bonds is 4. The summed E-state index contributed by atoms with van der Waals surface area (Å²) in [5.41, 5.74) is 1.95. The van der Waals surface area contributed by atoms with Crippen molar-refractivity contribution in [3.63, 3.8) is 0 Å². The second kappa shape index (κ2) is 6.51. The summed E-state index contributed by atoms with van der Waals surface area (Å²) < 4.78 is 6.07. The molecule has 100 valence electrons.